The van der Waals surface area contributed by atoms with Crippen LogP contribution in [0.4, 0.5) is 0 Å². The second-order valence-corrected chi connectivity index (χ2v) is 9.16. The number of nitrogens with one attached hydrogen (secondary N) is 1. The van der Waals surface area contributed by atoms with Crippen molar-refractivity contribution in [1.29, 1.82) is 0 Å². The molecule has 1 amide bonds. The van der Waals surface area contributed by atoms with Crippen LogP contribution in [0.15, 0.2) is 29.2 Å². The fourth-order valence-electron chi connectivity index (χ4n) is 3.24. The Hall–Kier alpha value is -1.93. The first-order chi connectivity index (χ1) is 12.7. The Morgan fingerprint density at radius 1 is 1.15 bits per heavy atom. The fourth-order valence-corrected chi connectivity index (χ4v) is 4.92. The molecule has 0 unspecified atom stereocenters. The first-order valence-corrected chi connectivity index (χ1v) is 10.7. The van der Waals surface area contributed by atoms with Crippen molar-refractivity contribution in [2.24, 2.45) is 11.8 Å². The molecule has 1 aromatic carbocycles. The molecule has 0 radical (unpaired) electrons. The van der Waals surface area contributed by atoms with Crippen LogP contribution in [-0.4, -0.2) is 50.8 Å². The summed E-state index contributed by atoms with van der Waals surface area (Å²) in [4.78, 5) is 23.6. The number of carbonyl (C=O) groups excluding carboxylic acids is 2. The smallest absolute Gasteiger partial charge is 0.338 e. The summed E-state index contributed by atoms with van der Waals surface area (Å²) >= 11 is 0. The predicted molar refractivity (Wildman–Crippen MR) is 102 cm³/mol. The van der Waals surface area contributed by atoms with Gasteiger partial charge in [-0.15, -0.1) is 0 Å². The van der Waals surface area contributed by atoms with Crippen LogP contribution in [0.25, 0.3) is 0 Å². The molecule has 1 aliphatic heterocycles. The van der Waals surface area contributed by atoms with E-state index in [4.69, 9.17) is 4.74 Å². The van der Waals surface area contributed by atoms with E-state index in [0.717, 1.165) is 12.8 Å². The van der Waals surface area contributed by atoms with Crippen LogP contribution in [0.1, 0.15) is 44.0 Å². The molecule has 1 aromatic rings. The van der Waals surface area contributed by atoms with Crippen LogP contribution in [0.5, 0.6) is 0 Å². The molecule has 150 valence electrons. The zero-order valence-corrected chi connectivity index (χ0v) is 16.9. The van der Waals surface area contributed by atoms with Gasteiger partial charge in [0.2, 0.25) is 10.0 Å². The van der Waals surface area contributed by atoms with Gasteiger partial charge in [-0.3, -0.25) is 4.79 Å². The second kappa shape index (κ2) is 9.32. The van der Waals surface area contributed by atoms with Gasteiger partial charge in [-0.05, 0) is 48.9 Å². The van der Waals surface area contributed by atoms with Gasteiger partial charge >= 0.3 is 5.97 Å². The summed E-state index contributed by atoms with van der Waals surface area (Å²) in [5.41, 5.74) is 0.206. The summed E-state index contributed by atoms with van der Waals surface area (Å²) in [7, 11) is -3.59. The maximum atomic E-state index is 12.8. The van der Waals surface area contributed by atoms with Crippen LogP contribution in [0, 0.1) is 11.8 Å². The lowest BCUT2D eigenvalue weighted by molar-refractivity contribution is -0.124. The number of sulfonamides is 1. The minimum Gasteiger partial charge on any atom is -0.452 e. The highest BCUT2D eigenvalue weighted by Crippen LogP contribution is 2.26. The molecule has 0 saturated carbocycles. The number of rotatable bonds is 7. The number of amides is 1. The molecule has 7 nitrogen and oxygen atoms in total. The zero-order chi connectivity index (χ0) is 20.0. The average molecular weight is 397 g/mol. The molecule has 0 spiro atoms. The normalized spacial score (nSPS) is 20.9. The highest BCUT2D eigenvalue weighted by atomic mass is 32.2. The molecule has 8 heteroatoms. The Morgan fingerprint density at radius 3 is 2.30 bits per heavy atom. The number of piperidine rings is 1. The SMILES string of the molecule is CCCNC(=O)COC(=O)c1ccc(S(=O)(=O)N2C[C@@H](C)C[C@H](C)C2)cc1. The summed E-state index contributed by atoms with van der Waals surface area (Å²) in [5, 5.41) is 2.61. The fraction of sp³-hybridized carbons (Fsp3) is 0.579. The topological polar surface area (TPSA) is 92.8 Å². The highest BCUT2D eigenvalue weighted by molar-refractivity contribution is 7.89. The molecule has 0 aromatic heterocycles. The maximum absolute atomic E-state index is 12.8. The van der Waals surface area contributed by atoms with Gasteiger partial charge < -0.3 is 10.1 Å². The average Bonchev–Trinajstić information content (AvgIpc) is 2.63. The number of carbonyl (C=O) groups is 2. The maximum Gasteiger partial charge on any atom is 0.338 e. The monoisotopic (exact) mass is 396 g/mol. The van der Waals surface area contributed by atoms with Gasteiger partial charge in [0.05, 0.1) is 10.5 Å². The van der Waals surface area contributed by atoms with Gasteiger partial charge in [-0.1, -0.05) is 20.8 Å². The van der Waals surface area contributed by atoms with Gasteiger partial charge in [0.15, 0.2) is 6.61 Å². The van der Waals surface area contributed by atoms with Crippen molar-refractivity contribution < 1.29 is 22.7 Å². The minimum atomic E-state index is -3.59. The summed E-state index contributed by atoms with van der Waals surface area (Å²) in [6, 6.07) is 5.64. The standard InChI is InChI=1S/C19H28N2O5S/c1-4-9-20-18(22)13-26-19(23)16-5-7-17(8-6-16)27(24,25)21-11-14(2)10-15(3)12-21/h5-8,14-15H,4,9-13H2,1-3H3,(H,20,22)/t14-,15-/m0/s1. The van der Waals surface area contributed by atoms with Crippen molar-refractivity contribution >= 4 is 21.9 Å². The quantitative estimate of drug-likeness (QED) is 0.712. The van der Waals surface area contributed by atoms with Crippen LogP contribution in [-0.2, 0) is 19.6 Å². The van der Waals surface area contributed by atoms with Crippen LogP contribution in [0.3, 0.4) is 0 Å². The van der Waals surface area contributed by atoms with E-state index >= 15 is 0 Å². The van der Waals surface area contributed by atoms with E-state index in [0.29, 0.717) is 31.5 Å². The van der Waals surface area contributed by atoms with Gasteiger partial charge in [-0.25, -0.2) is 13.2 Å². The third-order valence-electron chi connectivity index (χ3n) is 4.47. The number of nitrogens with zero attached hydrogens (tertiary/aromatic N) is 1. The van der Waals surface area contributed by atoms with E-state index in [2.05, 4.69) is 5.32 Å². The molecule has 1 heterocycles. The number of hydrogen-bond acceptors (Lipinski definition) is 5. The Bertz CT molecular complexity index is 751. The Kier molecular flexibility index (Phi) is 7.38. The molecule has 1 aliphatic rings. The molecule has 0 aliphatic carbocycles. The molecule has 27 heavy (non-hydrogen) atoms. The molecule has 1 N–H and O–H groups in total. The van der Waals surface area contributed by atoms with E-state index < -0.39 is 16.0 Å². The molecule has 0 bridgehead atoms. The van der Waals surface area contributed by atoms with Crippen molar-refractivity contribution in [2.75, 3.05) is 26.2 Å². The van der Waals surface area contributed by atoms with Crippen molar-refractivity contribution in [3.05, 3.63) is 29.8 Å². The minimum absolute atomic E-state index is 0.154. The number of benzene rings is 1. The highest BCUT2D eigenvalue weighted by Gasteiger charge is 2.31. The van der Waals surface area contributed by atoms with E-state index in [-0.39, 0.29) is 23.0 Å². The Morgan fingerprint density at radius 2 is 1.74 bits per heavy atom. The molecular weight excluding hydrogens is 368 g/mol. The van der Waals surface area contributed by atoms with Crippen molar-refractivity contribution in [3.8, 4) is 0 Å². The Labute approximate surface area is 161 Å². The lowest BCUT2D eigenvalue weighted by Gasteiger charge is -2.34. The third-order valence-corrected chi connectivity index (χ3v) is 6.32. The van der Waals surface area contributed by atoms with Crippen molar-refractivity contribution in [3.63, 3.8) is 0 Å². The van der Waals surface area contributed by atoms with Gasteiger partial charge in [0.1, 0.15) is 0 Å². The predicted octanol–water partition coefficient (Wildman–Crippen LogP) is 2.04. The van der Waals surface area contributed by atoms with Gasteiger partial charge in [0.25, 0.3) is 5.91 Å². The van der Waals surface area contributed by atoms with Crippen LogP contribution < -0.4 is 5.32 Å². The lowest BCUT2D eigenvalue weighted by atomic mass is 9.94. The number of hydrogen-bond donors (Lipinski definition) is 1. The van der Waals surface area contributed by atoms with Crippen molar-refractivity contribution in [2.45, 2.75) is 38.5 Å². The Balaban J connectivity index is 2.01. The molecule has 2 atom stereocenters. The van der Waals surface area contributed by atoms with E-state index in [1.165, 1.54) is 28.6 Å². The van der Waals surface area contributed by atoms with Gasteiger partial charge in [0, 0.05) is 19.6 Å². The zero-order valence-electron chi connectivity index (χ0n) is 16.1. The third kappa shape index (κ3) is 5.77. The van der Waals surface area contributed by atoms with Crippen molar-refractivity contribution in [1.82, 2.24) is 9.62 Å². The van der Waals surface area contributed by atoms with Crippen LogP contribution >= 0.6 is 0 Å². The van der Waals surface area contributed by atoms with E-state index in [1.807, 2.05) is 20.8 Å². The van der Waals surface area contributed by atoms with E-state index in [9.17, 15) is 18.0 Å². The summed E-state index contributed by atoms with van der Waals surface area (Å²) < 4.78 is 32.1. The largest absolute Gasteiger partial charge is 0.452 e. The first-order valence-electron chi connectivity index (χ1n) is 9.28. The first kappa shape index (κ1) is 21.4. The lowest BCUT2D eigenvalue weighted by Crippen LogP contribution is -2.42. The number of esters is 1. The van der Waals surface area contributed by atoms with Crippen LogP contribution in [0.2, 0.25) is 0 Å². The van der Waals surface area contributed by atoms with Gasteiger partial charge in [-0.2, -0.15) is 4.31 Å². The summed E-state index contributed by atoms with van der Waals surface area (Å²) in [6.45, 7) is 7.20. The molecule has 2 rings (SSSR count). The molecule has 1 saturated heterocycles. The summed E-state index contributed by atoms with van der Waals surface area (Å²) in [5.74, 6) is -0.392. The molecule has 1 fully saturated rings. The summed E-state index contributed by atoms with van der Waals surface area (Å²) in [6.07, 6.45) is 1.81. The second-order valence-electron chi connectivity index (χ2n) is 7.22. The molecular formula is C19H28N2O5S. The van der Waals surface area contributed by atoms with E-state index in [1.54, 1.807) is 0 Å². The number of ether oxygens (including phenoxy) is 1.